The topological polar surface area (TPSA) is 88.9 Å². The maximum atomic E-state index is 13.1. The third kappa shape index (κ3) is 4.25. The maximum Gasteiger partial charge on any atom is 0.294 e. The molecule has 3 heterocycles. The molecule has 3 aromatic rings. The molecule has 0 unspecified atom stereocenters. The van der Waals surface area contributed by atoms with E-state index in [-0.39, 0.29) is 17.3 Å². The molecule has 0 aliphatic carbocycles. The molecule has 0 radical (unpaired) electrons. The normalized spacial score (nSPS) is 14.9. The van der Waals surface area contributed by atoms with Crippen molar-refractivity contribution in [2.24, 2.45) is 0 Å². The van der Waals surface area contributed by atoms with Gasteiger partial charge in [0.15, 0.2) is 5.82 Å². The Kier molecular flexibility index (Phi) is 5.61. The molecular weight excluding hydrogens is 378 g/mol. The molecule has 154 valence electrons. The van der Waals surface area contributed by atoms with Crippen molar-refractivity contribution in [1.29, 1.82) is 0 Å². The van der Waals surface area contributed by atoms with Gasteiger partial charge in [-0.25, -0.2) is 4.98 Å². The number of aromatic nitrogens is 3. The van der Waals surface area contributed by atoms with Crippen LogP contribution in [0.4, 0.5) is 5.82 Å². The predicted molar refractivity (Wildman–Crippen MR) is 115 cm³/mol. The van der Waals surface area contributed by atoms with E-state index >= 15 is 0 Å². The smallest absolute Gasteiger partial charge is 0.294 e. The summed E-state index contributed by atoms with van der Waals surface area (Å²) in [6.07, 6.45) is 4.63. The zero-order chi connectivity index (χ0) is 21.1. The summed E-state index contributed by atoms with van der Waals surface area (Å²) in [7, 11) is 0. The SMILES string of the molecule is Cc1cc(C)cc(CNc2ncc3n(c2=O)[C@H](C(=O)NCc2ccccn2)CC3)c1. The van der Waals surface area contributed by atoms with Crippen molar-refractivity contribution in [3.63, 3.8) is 0 Å². The third-order valence-corrected chi connectivity index (χ3v) is 5.27. The standard InChI is InChI=1S/C23H25N5O2/c1-15-9-16(2)11-17(10-15)12-25-21-23(30)28-19(14-26-21)6-7-20(28)22(29)27-13-18-5-3-4-8-24-18/h3-5,8-11,14,20H,6-7,12-13H2,1-2H3,(H,25,26)(H,27,29)/t20-/m0/s1. The second-order valence-electron chi connectivity index (χ2n) is 7.72. The summed E-state index contributed by atoms with van der Waals surface area (Å²) in [6.45, 7) is 4.93. The van der Waals surface area contributed by atoms with Crippen LogP contribution in [0.5, 0.6) is 0 Å². The molecule has 0 saturated carbocycles. The van der Waals surface area contributed by atoms with Gasteiger partial charge >= 0.3 is 0 Å². The molecular formula is C23H25N5O2. The van der Waals surface area contributed by atoms with E-state index in [1.165, 1.54) is 11.1 Å². The molecule has 1 atom stereocenters. The summed E-state index contributed by atoms with van der Waals surface area (Å²) < 4.78 is 1.57. The first-order valence-corrected chi connectivity index (χ1v) is 10.1. The minimum Gasteiger partial charge on any atom is -0.361 e. The van der Waals surface area contributed by atoms with Crippen LogP contribution in [0.2, 0.25) is 0 Å². The zero-order valence-corrected chi connectivity index (χ0v) is 17.2. The number of nitrogens with zero attached hydrogens (tertiary/aromatic N) is 3. The van der Waals surface area contributed by atoms with E-state index in [1.54, 1.807) is 17.0 Å². The van der Waals surface area contributed by atoms with Crippen LogP contribution in [0, 0.1) is 13.8 Å². The quantitative estimate of drug-likeness (QED) is 0.661. The number of benzene rings is 1. The Morgan fingerprint density at radius 1 is 1.13 bits per heavy atom. The van der Waals surface area contributed by atoms with Crippen LogP contribution in [0.25, 0.3) is 0 Å². The number of amides is 1. The summed E-state index contributed by atoms with van der Waals surface area (Å²) in [5.74, 6) is 0.0929. The monoisotopic (exact) mass is 403 g/mol. The highest BCUT2D eigenvalue weighted by Gasteiger charge is 2.30. The number of aryl methyl sites for hydroxylation is 3. The number of anilines is 1. The van der Waals surface area contributed by atoms with E-state index < -0.39 is 6.04 Å². The van der Waals surface area contributed by atoms with E-state index in [2.05, 4.69) is 38.8 Å². The second kappa shape index (κ2) is 8.49. The molecule has 0 fully saturated rings. The summed E-state index contributed by atoms with van der Waals surface area (Å²) in [6, 6.07) is 11.3. The highest BCUT2D eigenvalue weighted by atomic mass is 16.2. The molecule has 1 aromatic carbocycles. The Hall–Kier alpha value is -3.48. The van der Waals surface area contributed by atoms with Crippen LogP contribution in [0.3, 0.4) is 0 Å². The molecule has 2 N–H and O–H groups in total. The fourth-order valence-corrected chi connectivity index (χ4v) is 3.97. The van der Waals surface area contributed by atoms with Crippen LogP contribution in [0.1, 0.15) is 40.5 Å². The van der Waals surface area contributed by atoms with Gasteiger partial charge in [-0.15, -0.1) is 0 Å². The van der Waals surface area contributed by atoms with Gasteiger partial charge in [-0.05, 0) is 44.4 Å². The average molecular weight is 403 g/mol. The summed E-state index contributed by atoms with van der Waals surface area (Å²) in [5.41, 5.74) is 4.75. The van der Waals surface area contributed by atoms with Crippen molar-refractivity contribution >= 4 is 11.7 Å². The summed E-state index contributed by atoms with van der Waals surface area (Å²) in [5, 5.41) is 6.04. The Morgan fingerprint density at radius 2 is 1.93 bits per heavy atom. The number of carbonyl (C=O) groups excluding carboxylic acids is 1. The van der Waals surface area contributed by atoms with Crippen molar-refractivity contribution in [2.45, 2.75) is 45.8 Å². The average Bonchev–Trinajstić information content (AvgIpc) is 3.17. The van der Waals surface area contributed by atoms with Crippen molar-refractivity contribution in [3.8, 4) is 0 Å². The van der Waals surface area contributed by atoms with Crippen LogP contribution in [-0.2, 0) is 24.3 Å². The number of fused-ring (bicyclic) bond motifs is 1. The Bertz CT molecular complexity index is 1100. The van der Waals surface area contributed by atoms with E-state index in [0.29, 0.717) is 25.9 Å². The van der Waals surface area contributed by atoms with E-state index in [4.69, 9.17) is 0 Å². The molecule has 0 spiro atoms. The van der Waals surface area contributed by atoms with Gasteiger partial charge in [-0.3, -0.25) is 19.1 Å². The first-order chi connectivity index (χ1) is 14.5. The van der Waals surface area contributed by atoms with Crippen molar-refractivity contribution in [2.75, 3.05) is 5.32 Å². The molecule has 1 aliphatic heterocycles. The third-order valence-electron chi connectivity index (χ3n) is 5.27. The van der Waals surface area contributed by atoms with Gasteiger partial charge in [-0.1, -0.05) is 35.4 Å². The molecule has 4 rings (SSSR count). The lowest BCUT2D eigenvalue weighted by Gasteiger charge is -2.16. The van der Waals surface area contributed by atoms with Gasteiger partial charge in [-0.2, -0.15) is 0 Å². The fourth-order valence-electron chi connectivity index (χ4n) is 3.97. The predicted octanol–water partition coefficient (Wildman–Crippen LogP) is 2.67. The minimum atomic E-state index is -0.527. The van der Waals surface area contributed by atoms with Gasteiger partial charge < -0.3 is 10.6 Å². The number of hydrogen-bond donors (Lipinski definition) is 2. The van der Waals surface area contributed by atoms with Crippen molar-refractivity contribution in [1.82, 2.24) is 19.9 Å². The number of hydrogen-bond acceptors (Lipinski definition) is 5. The lowest BCUT2D eigenvalue weighted by atomic mass is 10.1. The van der Waals surface area contributed by atoms with E-state index in [0.717, 1.165) is 17.0 Å². The van der Waals surface area contributed by atoms with E-state index in [1.807, 2.05) is 32.0 Å². The van der Waals surface area contributed by atoms with Gasteiger partial charge in [0.05, 0.1) is 12.2 Å². The molecule has 1 amide bonds. The summed E-state index contributed by atoms with van der Waals surface area (Å²) >= 11 is 0. The first-order valence-electron chi connectivity index (χ1n) is 10.1. The highest BCUT2D eigenvalue weighted by Crippen LogP contribution is 2.24. The molecule has 1 aliphatic rings. The van der Waals surface area contributed by atoms with Gasteiger partial charge in [0.1, 0.15) is 6.04 Å². The molecule has 0 saturated heterocycles. The Labute approximate surface area is 175 Å². The first kappa shape index (κ1) is 19.8. The van der Waals surface area contributed by atoms with Crippen LogP contribution < -0.4 is 16.2 Å². The zero-order valence-electron chi connectivity index (χ0n) is 17.2. The van der Waals surface area contributed by atoms with Gasteiger partial charge in [0.2, 0.25) is 5.91 Å². The summed E-state index contributed by atoms with van der Waals surface area (Å²) in [4.78, 5) is 34.3. The number of pyridine rings is 1. The fraction of sp³-hybridized carbons (Fsp3) is 0.304. The maximum absolute atomic E-state index is 13.1. The Morgan fingerprint density at radius 3 is 2.67 bits per heavy atom. The number of rotatable bonds is 6. The van der Waals surface area contributed by atoms with Crippen LogP contribution in [-0.4, -0.2) is 20.4 Å². The minimum absolute atomic E-state index is 0.173. The second-order valence-corrected chi connectivity index (χ2v) is 7.72. The number of nitrogens with one attached hydrogen (secondary N) is 2. The Balaban J connectivity index is 1.49. The van der Waals surface area contributed by atoms with Crippen LogP contribution in [0.15, 0.2) is 53.6 Å². The molecule has 7 nitrogen and oxygen atoms in total. The van der Waals surface area contributed by atoms with Gasteiger partial charge in [0.25, 0.3) is 5.56 Å². The lowest BCUT2D eigenvalue weighted by Crippen LogP contribution is -2.36. The number of carbonyl (C=O) groups is 1. The van der Waals surface area contributed by atoms with Crippen LogP contribution >= 0.6 is 0 Å². The largest absolute Gasteiger partial charge is 0.361 e. The lowest BCUT2D eigenvalue weighted by molar-refractivity contribution is -0.124. The van der Waals surface area contributed by atoms with E-state index in [9.17, 15) is 9.59 Å². The molecule has 2 aromatic heterocycles. The molecule has 0 bridgehead atoms. The van der Waals surface area contributed by atoms with Crippen molar-refractivity contribution < 1.29 is 4.79 Å². The highest BCUT2D eigenvalue weighted by molar-refractivity contribution is 5.80. The molecule has 30 heavy (non-hydrogen) atoms. The molecule has 7 heteroatoms. The van der Waals surface area contributed by atoms with Crippen molar-refractivity contribution in [3.05, 3.63) is 87.2 Å². The van der Waals surface area contributed by atoms with Gasteiger partial charge in [0, 0.05) is 24.6 Å².